The molecule has 1 heterocycles. The van der Waals surface area contributed by atoms with Gasteiger partial charge in [0.25, 0.3) is 0 Å². The molecule has 1 aliphatic rings. The van der Waals surface area contributed by atoms with Crippen LogP contribution in [-0.4, -0.2) is 24.4 Å². The zero-order chi connectivity index (χ0) is 14.7. The fourth-order valence-electron chi connectivity index (χ4n) is 2.58. The molecule has 0 aromatic heterocycles. The Labute approximate surface area is 118 Å². The van der Waals surface area contributed by atoms with Crippen LogP contribution in [0.1, 0.15) is 35.7 Å². The molecule has 5 heteroatoms. The Kier molecular flexibility index (Phi) is 4.39. The van der Waals surface area contributed by atoms with E-state index in [9.17, 15) is 9.59 Å². The lowest BCUT2D eigenvalue weighted by molar-refractivity contribution is -0.120. The molecule has 108 valence electrons. The van der Waals surface area contributed by atoms with Crippen molar-refractivity contribution in [3.05, 3.63) is 29.3 Å². The SMILES string of the molecule is Cc1ccc(NC(=O)[C@H]2CCN[C@@H](C)C2)cc1C(N)=O. The third-order valence-electron chi connectivity index (χ3n) is 3.77. The van der Waals surface area contributed by atoms with Gasteiger partial charge in [0.05, 0.1) is 0 Å². The number of benzene rings is 1. The lowest BCUT2D eigenvalue weighted by atomic mass is 9.92. The Balaban J connectivity index is 2.07. The molecule has 5 nitrogen and oxygen atoms in total. The highest BCUT2D eigenvalue weighted by Gasteiger charge is 2.24. The Bertz CT molecular complexity index is 528. The maximum atomic E-state index is 12.2. The van der Waals surface area contributed by atoms with Gasteiger partial charge in [-0.25, -0.2) is 0 Å². The first-order chi connectivity index (χ1) is 9.47. The second kappa shape index (κ2) is 6.05. The Morgan fingerprint density at radius 2 is 2.15 bits per heavy atom. The van der Waals surface area contributed by atoms with Crippen molar-refractivity contribution in [3.8, 4) is 0 Å². The van der Waals surface area contributed by atoms with Crippen molar-refractivity contribution in [1.29, 1.82) is 0 Å². The molecule has 0 radical (unpaired) electrons. The zero-order valence-electron chi connectivity index (χ0n) is 11.9. The van der Waals surface area contributed by atoms with Crippen molar-refractivity contribution in [1.82, 2.24) is 5.32 Å². The molecule has 1 aliphatic heterocycles. The van der Waals surface area contributed by atoms with Crippen LogP contribution in [0.2, 0.25) is 0 Å². The third-order valence-corrected chi connectivity index (χ3v) is 3.77. The second-order valence-corrected chi connectivity index (χ2v) is 5.46. The van der Waals surface area contributed by atoms with Crippen LogP contribution in [0.15, 0.2) is 18.2 Å². The lowest BCUT2D eigenvalue weighted by Gasteiger charge is -2.27. The summed E-state index contributed by atoms with van der Waals surface area (Å²) in [4.78, 5) is 23.5. The molecule has 2 atom stereocenters. The van der Waals surface area contributed by atoms with Gasteiger partial charge in [0.1, 0.15) is 0 Å². The molecule has 20 heavy (non-hydrogen) atoms. The summed E-state index contributed by atoms with van der Waals surface area (Å²) in [5.74, 6) is -0.448. The highest BCUT2D eigenvalue weighted by molar-refractivity contribution is 5.98. The highest BCUT2D eigenvalue weighted by atomic mass is 16.2. The van der Waals surface area contributed by atoms with Crippen LogP contribution in [0.3, 0.4) is 0 Å². The van der Waals surface area contributed by atoms with Gasteiger partial charge in [-0.05, 0) is 50.9 Å². The van der Waals surface area contributed by atoms with E-state index in [2.05, 4.69) is 17.6 Å². The number of amides is 2. The number of aryl methyl sites for hydroxylation is 1. The van der Waals surface area contributed by atoms with E-state index in [4.69, 9.17) is 5.73 Å². The number of carbonyl (C=O) groups is 2. The quantitative estimate of drug-likeness (QED) is 0.780. The van der Waals surface area contributed by atoms with Crippen LogP contribution in [-0.2, 0) is 4.79 Å². The first kappa shape index (κ1) is 14.5. The topological polar surface area (TPSA) is 84.2 Å². The van der Waals surface area contributed by atoms with E-state index in [0.717, 1.165) is 24.9 Å². The number of nitrogens with one attached hydrogen (secondary N) is 2. The number of piperidine rings is 1. The number of anilines is 1. The van der Waals surface area contributed by atoms with Gasteiger partial charge in [0.15, 0.2) is 0 Å². The van der Waals surface area contributed by atoms with Gasteiger partial charge in [0, 0.05) is 23.2 Å². The van der Waals surface area contributed by atoms with Gasteiger partial charge in [-0.3, -0.25) is 9.59 Å². The van der Waals surface area contributed by atoms with Crippen molar-refractivity contribution < 1.29 is 9.59 Å². The minimum atomic E-state index is -0.478. The standard InChI is InChI=1S/C15H21N3O2/c1-9-3-4-12(8-13(9)14(16)19)18-15(20)11-5-6-17-10(2)7-11/h3-4,8,10-11,17H,5-7H2,1-2H3,(H2,16,19)(H,18,20)/t10-,11-/m0/s1. The van der Waals surface area contributed by atoms with E-state index >= 15 is 0 Å². The number of carbonyl (C=O) groups excluding carboxylic acids is 2. The van der Waals surface area contributed by atoms with Crippen molar-refractivity contribution >= 4 is 17.5 Å². The molecular weight excluding hydrogens is 254 g/mol. The van der Waals surface area contributed by atoms with E-state index in [0.29, 0.717) is 17.3 Å². The molecular formula is C15H21N3O2. The molecule has 1 aromatic carbocycles. The predicted octanol–water partition coefficient (Wildman–Crippen LogP) is 1.42. The minimum absolute atomic E-state index is 0.0117. The molecule has 0 spiro atoms. The van der Waals surface area contributed by atoms with Crippen LogP contribution in [0.4, 0.5) is 5.69 Å². The Hall–Kier alpha value is -1.88. The number of rotatable bonds is 3. The smallest absolute Gasteiger partial charge is 0.249 e. The summed E-state index contributed by atoms with van der Waals surface area (Å²) < 4.78 is 0. The molecule has 2 rings (SSSR count). The molecule has 1 fully saturated rings. The van der Waals surface area contributed by atoms with E-state index < -0.39 is 5.91 Å². The third kappa shape index (κ3) is 3.36. The summed E-state index contributed by atoms with van der Waals surface area (Å²) in [6.45, 7) is 4.76. The molecule has 1 aromatic rings. The van der Waals surface area contributed by atoms with E-state index in [1.807, 2.05) is 6.92 Å². The molecule has 0 aliphatic carbocycles. The van der Waals surface area contributed by atoms with Gasteiger partial charge in [0.2, 0.25) is 11.8 Å². The van der Waals surface area contributed by atoms with Gasteiger partial charge in [-0.15, -0.1) is 0 Å². The summed E-state index contributed by atoms with van der Waals surface area (Å²) >= 11 is 0. The zero-order valence-corrected chi connectivity index (χ0v) is 11.9. The fourth-order valence-corrected chi connectivity index (χ4v) is 2.58. The number of hydrogen-bond donors (Lipinski definition) is 3. The van der Waals surface area contributed by atoms with Crippen LogP contribution in [0.5, 0.6) is 0 Å². The van der Waals surface area contributed by atoms with E-state index in [1.165, 1.54) is 0 Å². The first-order valence-corrected chi connectivity index (χ1v) is 6.92. The van der Waals surface area contributed by atoms with Crippen LogP contribution in [0, 0.1) is 12.8 Å². The van der Waals surface area contributed by atoms with Gasteiger partial charge in [-0.2, -0.15) is 0 Å². The molecule has 0 saturated carbocycles. The minimum Gasteiger partial charge on any atom is -0.366 e. The van der Waals surface area contributed by atoms with Crippen molar-refractivity contribution in [2.24, 2.45) is 11.7 Å². The van der Waals surface area contributed by atoms with Crippen LogP contribution < -0.4 is 16.4 Å². The fraction of sp³-hybridized carbons (Fsp3) is 0.467. The highest BCUT2D eigenvalue weighted by Crippen LogP contribution is 2.20. The molecule has 0 unspecified atom stereocenters. The maximum Gasteiger partial charge on any atom is 0.249 e. The monoisotopic (exact) mass is 275 g/mol. The average Bonchev–Trinajstić information content (AvgIpc) is 2.40. The van der Waals surface area contributed by atoms with Crippen LogP contribution in [0.25, 0.3) is 0 Å². The summed E-state index contributed by atoms with van der Waals surface area (Å²) in [5, 5.41) is 6.20. The maximum absolute atomic E-state index is 12.2. The van der Waals surface area contributed by atoms with Crippen LogP contribution >= 0.6 is 0 Å². The van der Waals surface area contributed by atoms with Crippen molar-refractivity contribution in [2.45, 2.75) is 32.7 Å². The van der Waals surface area contributed by atoms with E-state index in [-0.39, 0.29) is 11.8 Å². The predicted molar refractivity (Wildman–Crippen MR) is 78.5 cm³/mol. The Morgan fingerprint density at radius 1 is 1.40 bits per heavy atom. The van der Waals surface area contributed by atoms with Crippen molar-refractivity contribution in [2.75, 3.05) is 11.9 Å². The number of primary amides is 1. The largest absolute Gasteiger partial charge is 0.366 e. The number of nitrogens with two attached hydrogens (primary N) is 1. The van der Waals surface area contributed by atoms with Crippen molar-refractivity contribution in [3.63, 3.8) is 0 Å². The second-order valence-electron chi connectivity index (χ2n) is 5.46. The Morgan fingerprint density at radius 3 is 2.80 bits per heavy atom. The van der Waals surface area contributed by atoms with Gasteiger partial charge < -0.3 is 16.4 Å². The summed E-state index contributed by atoms with van der Waals surface area (Å²) in [7, 11) is 0. The molecule has 2 amide bonds. The normalized spacial score (nSPS) is 22.3. The molecule has 0 bridgehead atoms. The summed E-state index contributed by atoms with van der Waals surface area (Å²) in [6.07, 6.45) is 1.67. The first-order valence-electron chi connectivity index (χ1n) is 6.92. The lowest BCUT2D eigenvalue weighted by Crippen LogP contribution is -2.40. The van der Waals surface area contributed by atoms with Gasteiger partial charge in [-0.1, -0.05) is 6.07 Å². The van der Waals surface area contributed by atoms with E-state index in [1.54, 1.807) is 18.2 Å². The van der Waals surface area contributed by atoms with Gasteiger partial charge >= 0.3 is 0 Å². The summed E-state index contributed by atoms with van der Waals surface area (Å²) in [6, 6.07) is 5.59. The molecule has 1 saturated heterocycles. The average molecular weight is 275 g/mol. The summed E-state index contributed by atoms with van der Waals surface area (Å²) in [5.41, 5.74) is 7.20. The molecule has 4 N–H and O–H groups in total. The number of hydrogen-bond acceptors (Lipinski definition) is 3.